The van der Waals surface area contributed by atoms with Gasteiger partial charge in [-0.25, -0.2) is 4.98 Å². The zero-order valence-corrected chi connectivity index (χ0v) is 10.7. The Balaban J connectivity index is 1.84. The average Bonchev–Trinajstić information content (AvgIpc) is 3.12. The SMILES string of the molecule is O=c1c(Br)c(CC2CC2)ncn1CC1CC1. The van der Waals surface area contributed by atoms with Gasteiger partial charge in [0.2, 0.25) is 0 Å². The Bertz CT molecular complexity index is 461. The van der Waals surface area contributed by atoms with Crippen LogP contribution in [0.4, 0.5) is 0 Å². The minimum atomic E-state index is 0.0950. The zero-order chi connectivity index (χ0) is 11.1. The monoisotopic (exact) mass is 282 g/mol. The second kappa shape index (κ2) is 3.99. The molecule has 0 aliphatic heterocycles. The van der Waals surface area contributed by atoms with Crippen LogP contribution in [0.3, 0.4) is 0 Å². The van der Waals surface area contributed by atoms with Crippen molar-refractivity contribution in [2.45, 2.75) is 38.6 Å². The molecule has 2 aliphatic rings. The van der Waals surface area contributed by atoms with Crippen molar-refractivity contribution in [2.75, 3.05) is 0 Å². The van der Waals surface area contributed by atoms with Crippen molar-refractivity contribution in [3.8, 4) is 0 Å². The minimum absolute atomic E-state index is 0.0950. The summed E-state index contributed by atoms with van der Waals surface area (Å²) in [5, 5.41) is 0. The number of aromatic nitrogens is 2. The lowest BCUT2D eigenvalue weighted by atomic mass is 10.2. The standard InChI is InChI=1S/C12H15BrN2O/c13-11-10(5-8-1-2-8)14-7-15(12(11)16)6-9-3-4-9/h7-9H,1-6H2. The first kappa shape index (κ1) is 10.5. The fourth-order valence-corrected chi connectivity index (χ4v) is 2.44. The summed E-state index contributed by atoms with van der Waals surface area (Å²) in [6.07, 6.45) is 7.78. The third-order valence-corrected chi connectivity index (χ3v) is 4.18. The summed E-state index contributed by atoms with van der Waals surface area (Å²) < 4.78 is 2.43. The third kappa shape index (κ3) is 2.21. The van der Waals surface area contributed by atoms with Gasteiger partial charge in [-0.2, -0.15) is 0 Å². The molecule has 0 saturated heterocycles. The lowest BCUT2D eigenvalue weighted by Crippen LogP contribution is -2.23. The van der Waals surface area contributed by atoms with Gasteiger partial charge < -0.3 is 0 Å². The molecule has 2 aliphatic carbocycles. The van der Waals surface area contributed by atoms with Crippen LogP contribution < -0.4 is 5.56 Å². The molecule has 3 rings (SSSR count). The van der Waals surface area contributed by atoms with E-state index in [0.717, 1.165) is 24.6 Å². The highest BCUT2D eigenvalue weighted by Crippen LogP contribution is 2.33. The summed E-state index contributed by atoms with van der Waals surface area (Å²) in [6.45, 7) is 0.841. The highest BCUT2D eigenvalue weighted by Gasteiger charge is 2.25. The number of rotatable bonds is 4. The van der Waals surface area contributed by atoms with Gasteiger partial charge in [0.05, 0.1) is 12.0 Å². The van der Waals surface area contributed by atoms with Gasteiger partial charge >= 0.3 is 0 Å². The molecular weight excluding hydrogens is 268 g/mol. The van der Waals surface area contributed by atoms with E-state index in [1.165, 1.54) is 25.7 Å². The number of nitrogens with zero attached hydrogens (tertiary/aromatic N) is 2. The van der Waals surface area contributed by atoms with Crippen molar-refractivity contribution in [1.82, 2.24) is 9.55 Å². The molecular formula is C12H15BrN2O. The highest BCUT2D eigenvalue weighted by atomic mass is 79.9. The molecule has 0 unspecified atom stereocenters. The molecule has 0 aromatic carbocycles. The van der Waals surface area contributed by atoms with Crippen LogP contribution in [0.5, 0.6) is 0 Å². The van der Waals surface area contributed by atoms with Crippen molar-refractivity contribution in [3.05, 3.63) is 26.8 Å². The van der Waals surface area contributed by atoms with Gasteiger partial charge in [-0.15, -0.1) is 0 Å². The van der Waals surface area contributed by atoms with Gasteiger partial charge in [0.25, 0.3) is 5.56 Å². The van der Waals surface area contributed by atoms with Gasteiger partial charge in [0.15, 0.2) is 0 Å². The van der Waals surface area contributed by atoms with Crippen LogP contribution >= 0.6 is 15.9 Å². The van der Waals surface area contributed by atoms with E-state index in [4.69, 9.17) is 0 Å². The Morgan fingerprint density at radius 1 is 1.31 bits per heavy atom. The second-order valence-electron chi connectivity index (χ2n) is 5.05. The van der Waals surface area contributed by atoms with E-state index >= 15 is 0 Å². The Kier molecular flexibility index (Phi) is 2.62. The maximum absolute atomic E-state index is 12.0. The summed E-state index contributed by atoms with van der Waals surface area (Å²) >= 11 is 3.40. The van der Waals surface area contributed by atoms with Crippen molar-refractivity contribution >= 4 is 15.9 Å². The molecule has 16 heavy (non-hydrogen) atoms. The first-order valence-electron chi connectivity index (χ1n) is 5.98. The normalized spacial score (nSPS) is 20.1. The summed E-state index contributed by atoms with van der Waals surface area (Å²) in [7, 11) is 0. The summed E-state index contributed by atoms with van der Waals surface area (Å²) in [6, 6.07) is 0. The van der Waals surface area contributed by atoms with E-state index in [2.05, 4.69) is 20.9 Å². The summed E-state index contributed by atoms with van der Waals surface area (Å²) in [4.78, 5) is 16.4. The Hall–Kier alpha value is -0.640. The minimum Gasteiger partial charge on any atom is -0.298 e. The van der Waals surface area contributed by atoms with E-state index in [-0.39, 0.29) is 5.56 Å². The molecule has 0 atom stereocenters. The highest BCUT2D eigenvalue weighted by molar-refractivity contribution is 9.10. The van der Waals surface area contributed by atoms with Gasteiger partial charge in [0.1, 0.15) is 4.47 Å². The number of hydrogen-bond donors (Lipinski definition) is 0. The van der Waals surface area contributed by atoms with E-state index in [9.17, 15) is 4.79 Å². The quantitative estimate of drug-likeness (QED) is 0.850. The lowest BCUT2D eigenvalue weighted by molar-refractivity contribution is 0.587. The smallest absolute Gasteiger partial charge is 0.267 e. The molecule has 2 fully saturated rings. The molecule has 0 amide bonds. The van der Waals surface area contributed by atoms with Gasteiger partial charge in [0, 0.05) is 6.54 Å². The van der Waals surface area contributed by atoms with Gasteiger partial charge in [-0.1, -0.05) is 0 Å². The van der Waals surface area contributed by atoms with E-state index < -0.39 is 0 Å². The van der Waals surface area contributed by atoms with Crippen molar-refractivity contribution in [1.29, 1.82) is 0 Å². The molecule has 3 nitrogen and oxygen atoms in total. The van der Waals surface area contributed by atoms with Gasteiger partial charge in [-0.3, -0.25) is 9.36 Å². The van der Waals surface area contributed by atoms with Crippen LogP contribution in [0.2, 0.25) is 0 Å². The molecule has 0 spiro atoms. The van der Waals surface area contributed by atoms with Crippen molar-refractivity contribution in [2.24, 2.45) is 11.8 Å². The Morgan fingerprint density at radius 2 is 2.00 bits per heavy atom. The topological polar surface area (TPSA) is 34.9 Å². The zero-order valence-electron chi connectivity index (χ0n) is 9.16. The lowest BCUT2D eigenvalue weighted by Gasteiger charge is -2.07. The second-order valence-corrected chi connectivity index (χ2v) is 5.85. The molecule has 4 heteroatoms. The molecule has 0 radical (unpaired) electrons. The van der Waals surface area contributed by atoms with Crippen LogP contribution in [0.15, 0.2) is 15.6 Å². The fourth-order valence-electron chi connectivity index (χ4n) is 1.94. The Labute approximate surface area is 103 Å². The maximum Gasteiger partial charge on any atom is 0.267 e. The molecule has 1 aromatic rings. The number of halogens is 1. The van der Waals surface area contributed by atoms with E-state index in [1.807, 2.05) is 0 Å². The largest absolute Gasteiger partial charge is 0.298 e. The molecule has 0 N–H and O–H groups in total. The van der Waals surface area contributed by atoms with Crippen LogP contribution in [0.1, 0.15) is 31.4 Å². The Morgan fingerprint density at radius 3 is 2.62 bits per heavy atom. The molecule has 1 aromatic heterocycles. The predicted octanol–water partition coefficient (Wildman–Crippen LogP) is 2.37. The van der Waals surface area contributed by atoms with Crippen LogP contribution in [-0.2, 0) is 13.0 Å². The molecule has 86 valence electrons. The van der Waals surface area contributed by atoms with E-state index in [0.29, 0.717) is 10.4 Å². The maximum atomic E-state index is 12.0. The predicted molar refractivity (Wildman–Crippen MR) is 65.3 cm³/mol. The first-order chi connectivity index (χ1) is 7.74. The van der Waals surface area contributed by atoms with Crippen LogP contribution in [0, 0.1) is 11.8 Å². The third-order valence-electron chi connectivity index (χ3n) is 3.39. The average molecular weight is 283 g/mol. The van der Waals surface area contributed by atoms with E-state index in [1.54, 1.807) is 10.9 Å². The van der Waals surface area contributed by atoms with Crippen molar-refractivity contribution < 1.29 is 0 Å². The van der Waals surface area contributed by atoms with Crippen LogP contribution in [0.25, 0.3) is 0 Å². The molecule has 0 bridgehead atoms. The molecule has 2 saturated carbocycles. The number of hydrogen-bond acceptors (Lipinski definition) is 2. The first-order valence-corrected chi connectivity index (χ1v) is 6.77. The fraction of sp³-hybridized carbons (Fsp3) is 0.667. The van der Waals surface area contributed by atoms with Gasteiger partial charge in [-0.05, 0) is 59.9 Å². The summed E-state index contributed by atoms with van der Waals surface area (Å²) in [5.41, 5.74) is 1.04. The van der Waals surface area contributed by atoms with Crippen molar-refractivity contribution in [3.63, 3.8) is 0 Å². The van der Waals surface area contributed by atoms with Crippen LogP contribution in [-0.4, -0.2) is 9.55 Å². The molecule has 1 heterocycles. The summed E-state index contributed by atoms with van der Waals surface area (Å²) in [5.74, 6) is 1.48.